The molecule has 5 atom stereocenters. The molecule has 184 valence electrons. The molecule has 1 saturated heterocycles. The monoisotopic (exact) mass is 444 g/mol. The maximum Gasteiger partial charge on any atom is 0.303 e. The Morgan fingerprint density at radius 1 is 0.839 bits per heavy atom. The molecule has 0 aromatic rings. The standard InChI is InChI=1S/C25H48O6/c1-20(30-25-23(27)19-22(26)21(2)31-25)17-15-13-11-9-7-5-3-4-6-8-10-12-14-16-18-24(28)29/h20-23,25-27H,3-19H2,1-2H3,(H,28,29)/t20-,21+,22-,23-,25-/m1/s1. The Kier molecular flexibility index (Phi) is 16.3. The summed E-state index contributed by atoms with van der Waals surface area (Å²) in [5, 5.41) is 28.3. The van der Waals surface area contributed by atoms with Crippen LogP contribution in [-0.4, -0.2) is 52.0 Å². The van der Waals surface area contributed by atoms with Crippen molar-refractivity contribution in [2.45, 2.75) is 154 Å². The van der Waals surface area contributed by atoms with Crippen molar-refractivity contribution in [2.24, 2.45) is 0 Å². The van der Waals surface area contributed by atoms with Gasteiger partial charge in [-0.15, -0.1) is 0 Å². The molecular formula is C25H48O6. The first-order valence-corrected chi connectivity index (χ1v) is 12.8. The topological polar surface area (TPSA) is 96.2 Å². The number of rotatable bonds is 19. The number of hydrogen-bond acceptors (Lipinski definition) is 5. The van der Waals surface area contributed by atoms with Gasteiger partial charge in [0.1, 0.15) is 6.10 Å². The minimum Gasteiger partial charge on any atom is -0.481 e. The Morgan fingerprint density at radius 2 is 1.29 bits per heavy atom. The predicted molar refractivity (Wildman–Crippen MR) is 123 cm³/mol. The van der Waals surface area contributed by atoms with Crippen molar-refractivity contribution in [2.75, 3.05) is 0 Å². The van der Waals surface area contributed by atoms with E-state index in [-0.39, 0.29) is 12.2 Å². The van der Waals surface area contributed by atoms with Crippen LogP contribution in [0.3, 0.4) is 0 Å². The molecule has 0 aromatic carbocycles. The molecule has 1 fully saturated rings. The summed E-state index contributed by atoms with van der Waals surface area (Å²) in [7, 11) is 0. The predicted octanol–water partition coefficient (Wildman–Crippen LogP) is 5.57. The average Bonchev–Trinajstić information content (AvgIpc) is 2.71. The van der Waals surface area contributed by atoms with Gasteiger partial charge in [0.05, 0.1) is 18.3 Å². The Balaban J connectivity index is 1.82. The first kappa shape index (κ1) is 28.3. The maximum absolute atomic E-state index is 10.4. The first-order valence-electron chi connectivity index (χ1n) is 12.8. The van der Waals surface area contributed by atoms with Gasteiger partial charge >= 0.3 is 5.97 Å². The second-order valence-electron chi connectivity index (χ2n) is 9.41. The largest absolute Gasteiger partial charge is 0.481 e. The van der Waals surface area contributed by atoms with E-state index in [4.69, 9.17) is 14.6 Å². The molecule has 0 aliphatic carbocycles. The molecule has 3 N–H and O–H groups in total. The fraction of sp³-hybridized carbons (Fsp3) is 0.960. The Hall–Kier alpha value is -0.690. The molecule has 0 bridgehead atoms. The minimum absolute atomic E-state index is 0.0549. The summed E-state index contributed by atoms with van der Waals surface area (Å²) >= 11 is 0. The second kappa shape index (κ2) is 17.8. The van der Waals surface area contributed by atoms with Gasteiger partial charge in [0.25, 0.3) is 0 Å². The van der Waals surface area contributed by atoms with Crippen LogP contribution in [0.5, 0.6) is 0 Å². The normalized spacial score (nSPS) is 24.9. The lowest BCUT2D eigenvalue weighted by Gasteiger charge is -2.36. The van der Waals surface area contributed by atoms with Crippen LogP contribution in [0, 0.1) is 0 Å². The van der Waals surface area contributed by atoms with Crippen LogP contribution < -0.4 is 0 Å². The highest BCUT2D eigenvalue weighted by atomic mass is 16.7. The van der Waals surface area contributed by atoms with Crippen LogP contribution in [0.2, 0.25) is 0 Å². The minimum atomic E-state index is -0.752. The van der Waals surface area contributed by atoms with E-state index in [1.165, 1.54) is 70.6 Å². The molecule has 31 heavy (non-hydrogen) atoms. The van der Waals surface area contributed by atoms with Crippen LogP contribution in [0.4, 0.5) is 0 Å². The molecule has 6 heteroatoms. The smallest absolute Gasteiger partial charge is 0.303 e. The van der Waals surface area contributed by atoms with Crippen molar-refractivity contribution in [3.63, 3.8) is 0 Å². The second-order valence-corrected chi connectivity index (χ2v) is 9.41. The molecule has 0 aromatic heterocycles. The third-order valence-corrected chi connectivity index (χ3v) is 6.31. The van der Waals surface area contributed by atoms with E-state index in [2.05, 4.69) is 0 Å². The summed E-state index contributed by atoms with van der Waals surface area (Å²) in [4.78, 5) is 10.4. The number of carbonyl (C=O) groups is 1. The number of unbranched alkanes of at least 4 members (excludes halogenated alkanes) is 13. The highest BCUT2D eigenvalue weighted by Gasteiger charge is 2.35. The molecule has 6 nitrogen and oxygen atoms in total. The summed E-state index contributed by atoms with van der Waals surface area (Å²) < 4.78 is 11.4. The van der Waals surface area contributed by atoms with Crippen LogP contribution >= 0.6 is 0 Å². The fourth-order valence-electron chi connectivity index (χ4n) is 4.19. The van der Waals surface area contributed by atoms with Crippen molar-refractivity contribution in [3.05, 3.63) is 0 Å². The van der Waals surface area contributed by atoms with E-state index in [0.717, 1.165) is 25.7 Å². The molecule has 1 heterocycles. The summed E-state index contributed by atoms with van der Waals surface area (Å²) in [5.74, 6) is -0.675. The third kappa shape index (κ3) is 14.9. The zero-order chi connectivity index (χ0) is 22.9. The van der Waals surface area contributed by atoms with Crippen molar-refractivity contribution in [1.82, 2.24) is 0 Å². The van der Waals surface area contributed by atoms with Crippen molar-refractivity contribution < 1.29 is 29.6 Å². The van der Waals surface area contributed by atoms with E-state index in [0.29, 0.717) is 12.8 Å². The zero-order valence-electron chi connectivity index (χ0n) is 20.0. The van der Waals surface area contributed by atoms with Crippen LogP contribution in [0.25, 0.3) is 0 Å². The van der Waals surface area contributed by atoms with Gasteiger partial charge in [-0.25, -0.2) is 0 Å². The number of aliphatic hydroxyl groups is 2. The Bertz CT molecular complexity index is 444. The van der Waals surface area contributed by atoms with Gasteiger partial charge in [-0.3, -0.25) is 4.79 Å². The summed E-state index contributed by atoms with van der Waals surface area (Å²) in [6, 6.07) is 0. The first-order chi connectivity index (χ1) is 14.9. The Morgan fingerprint density at radius 3 is 1.77 bits per heavy atom. The number of carboxylic acid groups (broad SMARTS) is 1. The quantitative estimate of drug-likeness (QED) is 0.225. The molecular weight excluding hydrogens is 396 g/mol. The number of carboxylic acids is 1. The van der Waals surface area contributed by atoms with Crippen LogP contribution in [0.15, 0.2) is 0 Å². The zero-order valence-corrected chi connectivity index (χ0v) is 20.0. The third-order valence-electron chi connectivity index (χ3n) is 6.31. The van der Waals surface area contributed by atoms with Crippen LogP contribution in [-0.2, 0) is 14.3 Å². The van der Waals surface area contributed by atoms with Gasteiger partial charge in [-0.05, 0) is 26.7 Å². The van der Waals surface area contributed by atoms with Gasteiger partial charge in [0, 0.05) is 12.8 Å². The van der Waals surface area contributed by atoms with Gasteiger partial charge in [0.2, 0.25) is 0 Å². The number of hydrogen-bond donors (Lipinski definition) is 3. The number of ether oxygens (including phenoxy) is 2. The molecule has 1 aliphatic heterocycles. The molecule has 0 unspecified atom stereocenters. The molecule has 0 spiro atoms. The molecule has 0 radical (unpaired) electrons. The van der Waals surface area contributed by atoms with Crippen LogP contribution in [0.1, 0.15) is 123 Å². The SMILES string of the molecule is C[C@H](CCCCCCCCCCCCCCCCC(=O)O)O[C@@H]1O[C@@H](C)[C@H](O)C[C@H]1O. The van der Waals surface area contributed by atoms with E-state index in [1.807, 2.05) is 13.8 Å². The lowest BCUT2D eigenvalue weighted by molar-refractivity contribution is -0.273. The number of aliphatic hydroxyl groups excluding tert-OH is 2. The molecule has 0 amide bonds. The maximum atomic E-state index is 10.4. The molecule has 1 rings (SSSR count). The highest BCUT2D eigenvalue weighted by Crippen LogP contribution is 2.23. The highest BCUT2D eigenvalue weighted by molar-refractivity contribution is 5.66. The van der Waals surface area contributed by atoms with E-state index < -0.39 is 24.5 Å². The van der Waals surface area contributed by atoms with Crippen molar-refractivity contribution >= 4 is 5.97 Å². The van der Waals surface area contributed by atoms with E-state index in [1.54, 1.807) is 0 Å². The van der Waals surface area contributed by atoms with E-state index in [9.17, 15) is 15.0 Å². The van der Waals surface area contributed by atoms with Gasteiger partial charge in [-0.2, -0.15) is 0 Å². The van der Waals surface area contributed by atoms with Gasteiger partial charge < -0.3 is 24.8 Å². The lowest BCUT2D eigenvalue weighted by Crippen LogP contribution is -2.48. The lowest BCUT2D eigenvalue weighted by atomic mass is 10.0. The fourth-order valence-corrected chi connectivity index (χ4v) is 4.19. The molecule has 0 saturated carbocycles. The summed E-state index contributed by atoms with van der Waals surface area (Å²) in [6.07, 6.45) is 16.5. The summed E-state index contributed by atoms with van der Waals surface area (Å²) in [5.41, 5.74) is 0. The number of aliphatic carboxylic acids is 1. The summed E-state index contributed by atoms with van der Waals surface area (Å²) in [6.45, 7) is 3.84. The average molecular weight is 445 g/mol. The van der Waals surface area contributed by atoms with Crippen molar-refractivity contribution in [3.8, 4) is 0 Å². The Labute approximate surface area is 189 Å². The van der Waals surface area contributed by atoms with Gasteiger partial charge in [0.15, 0.2) is 6.29 Å². The van der Waals surface area contributed by atoms with Crippen molar-refractivity contribution in [1.29, 1.82) is 0 Å². The molecule has 1 aliphatic rings. The van der Waals surface area contributed by atoms with Gasteiger partial charge in [-0.1, -0.05) is 83.5 Å². The van der Waals surface area contributed by atoms with E-state index >= 15 is 0 Å².